The van der Waals surface area contributed by atoms with Crippen molar-refractivity contribution in [2.75, 3.05) is 13.1 Å². The minimum atomic E-state index is -0.835. The lowest BCUT2D eigenvalue weighted by Crippen LogP contribution is -2.30. The van der Waals surface area contributed by atoms with Crippen LogP contribution in [-0.2, 0) is 4.79 Å². The average Bonchev–Trinajstić information content (AvgIpc) is 2.93. The molecule has 2 atom stereocenters. The first-order chi connectivity index (χ1) is 9.32. The molecule has 1 aliphatic heterocycles. The summed E-state index contributed by atoms with van der Waals surface area (Å²) in [7, 11) is 0. The summed E-state index contributed by atoms with van der Waals surface area (Å²) in [6.07, 6.45) is 0. The summed E-state index contributed by atoms with van der Waals surface area (Å²) >= 11 is 0. The van der Waals surface area contributed by atoms with Crippen LogP contribution in [0.4, 0.5) is 0 Å². The van der Waals surface area contributed by atoms with Gasteiger partial charge in [-0.1, -0.05) is 19.0 Å². The highest BCUT2D eigenvalue weighted by atomic mass is 16.5. The molecular weight excluding hydrogens is 260 g/mol. The second-order valence-electron chi connectivity index (χ2n) is 5.76. The number of carbonyl (C=O) groups excluding carboxylic acids is 1. The fourth-order valence-corrected chi connectivity index (χ4v) is 2.88. The van der Waals surface area contributed by atoms with Gasteiger partial charge in [-0.05, 0) is 25.7 Å². The van der Waals surface area contributed by atoms with Crippen molar-refractivity contribution in [3.05, 3.63) is 17.0 Å². The number of aryl methyl sites for hydroxylation is 2. The summed E-state index contributed by atoms with van der Waals surface area (Å²) < 4.78 is 5.01. The van der Waals surface area contributed by atoms with Crippen molar-refractivity contribution in [3.8, 4) is 0 Å². The largest absolute Gasteiger partial charge is 0.481 e. The van der Waals surface area contributed by atoms with Crippen molar-refractivity contribution in [1.29, 1.82) is 0 Å². The van der Waals surface area contributed by atoms with Crippen LogP contribution in [0, 0.1) is 31.6 Å². The third-order valence-electron chi connectivity index (χ3n) is 4.07. The van der Waals surface area contributed by atoms with Gasteiger partial charge in [-0.25, -0.2) is 0 Å². The Labute approximate surface area is 117 Å². The van der Waals surface area contributed by atoms with Gasteiger partial charge in [0.25, 0.3) is 5.91 Å². The van der Waals surface area contributed by atoms with E-state index in [-0.39, 0.29) is 24.3 Å². The van der Waals surface area contributed by atoms with Crippen molar-refractivity contribution >= 4 is 11.9 Å². The molecule has 0 spiro atoms. The van der Waals surface area contributed by atoms with Crippen LogP contribution in [0.15, 0.2) is 4.52 Å². The number of aliphatic carboxylic acids is 1. The number of aromatic nitrogens is 1. The molecule has 2 heterocycles. The van der Waals surface area contributed by atoms with E-state index in [1.165, 1.54) is 0 Å². The summed E-state index contributed by atoms with van der Waals surface area (Å²) in [6.45, 7) is 8.11. The Kier molecular flexibility index (Phi) is 3.83. The van der Waals surface area contributed by atoms with Gasteiger partial charge in [-0.15, -0.1) is 0 Å². The number of hydrogen-bond donors (Lipinski definition) is 1. The second-order valence-corrected chi connectivity index (χ2v) is 5.76. The molecule has 1 N–H and O–H groups in total. The highest BCUT2D eigenvalue weighted by molar-refractivity contribution is 5.96. The number of amides is 1. The van der Waals surface area contributed by atoms with E-state index in [1.807, 2.05) is 13.8 Å². The average molecular weight is 280 g/mol. The van der Waals surface area contributed by atoms with Gasteiger partial charge in [-0.3, -0.25) is 9.59 Å². The first kappa shape index (κ1) is 14.6. The molecule has 0 bridgehead atoms. The number of rotatable bonds is 3. The van der Waals surface area contributed by atoms with E-state index < -0.39 is 11.9 Å². The van der Waals surface area contributed by atoms with Crippen molar-refractivity contribution in [3.63, 3.8) is 0 Å². The third-order valence-corrected chi connectivity index (χ3v) is 4.07. The highest BCUT2D eigenvalue weighted by Crippen LogP contribution is 2.31. The molecule has 1 aromatic rings. The standard InChI is InChI=1S/C14H20N2O4/c1-7(2)10-5-16(6-11(10)14(18)19)13(17)12-8(3)15-20-9(12)4/h7,10-11H,5-6H2,1-4H3,(H,18,19)/t10-,11+/m0/s1. The number of carboxylic acid groups (broad SMARTS) is 1. The summed E-state index contributed by atoms with van der Waals surface area (Å²) in [4.78, 5) is 25.5. The van der Waals surface area contributed by atoms with Crippen LogP contribution >= 0.6 is 0 Å². The SMILES string of the molecule is Cc1noc(C)c1C(=O)N1C[C@@H](C(=O)O)[C@H](C(C)C)C1. The number of likely N-dealkylation sites (tertiary alicyclic amines) is 1. The van der Waals surface area contributed by atoms with Gasteiger partial charge in [0.15, 0.2) is 0 Å². The van der Waals surface area contributed by atoms with Crippen LogP contribution in [0.5, 0.6) is 0 Å². The van der Waals surface area contributed by atoms with Crippen LogP contribution in [-0.4, -0.2) is 40.1 Å². The van der Waals surface area contributed by atoms with E-state index in [2.05, 4.69) is 5.16 Å². The number of carboxylic acids is 1. The lowest BCUT2D eigenvalue weighted by molar-refractivity contribution is -0.142. The minimum absolute atomic E-state index is 0.0167. The molecule has 6 nitrogen and oxygen atoms in total. The van der Waals surface area contributed by atoms with E-state index in [4.69, 9.17) is 4.52 Å². The Hall–Kier alpha value is -1.85. The molecule has 110 valence electrons. The molecule has 0 radical (unpaired) electrons. The monoisotopic (exact) mass is 280 g/mol. The first-order valence-electron chi connectivity index (χ1n) is 6.77. The van der Waals surface area contributed by atoms with Gasteiger partial charge in [-0.2, -0.15) is 0 Å². The predicted molar refractivity (Wildman–Crippen MR) is 71.3 cm³/mol. The summed E-state index contributed by atoms with van der Waals surface area (Å²) in [5.41, 5.74) is 1.01. The normalized spacial score (nSPS) is 22.6. The predicted octanol–water partition coefficient (Wildman–Crippen LogP) is 1.72. The maximum atomic E-state index is 12.5. The molecule has 20 heavy (non-hydrogen) atoms. The smallest absolute Gasteiger partial charge is 0.308 e. The summed E-state index contributed by atoms with van der Waals surface area (Å²) in [5.74, 6) is -0.837. The Morgan fingerprint density at radius 3 is 2.40 bits per heavy atom. The first-order valence-corrected chi connectivity index (χ1v) is 6.77. The number of carbonyl (C=O) groups is 2. The van der Waals surface area contributed by atoms with Crippen LogP contribution < -0.4 is 0 Å². The Morgan fingerprint density at radius 1 is 1.35 bits per heavy atom. The molecule has 0 saturated carbocycles. The zero-order valence-electron chi connectivity index (χ0n) is 12.2. The molecule has 0 aromatic carbocycles. The maximum absolute atomic E-state index is 12.5. The second kappa shape index (κ2) is 5.26. The molecule has 1 saturated heterocycles. The fourth-order valence-electron chi connectivity index (χ4n) is 2.88. The molecule has 1 aromatic heterocycles. The molecule has 0 aliphatic carbocycles. The molecule has 6 heteroatoms. The molecule has 1 aliphatic rings. The Bertz CT molecular complexity index is 516. The number of nitrogens with zero attached hydrogens (tertiary/aromatic N) is 2. The zero-order chi connectivity index (χ0) is 15.0. The van der Waals surface area contributed by atoms with E-state index in [1.54, 1.807) is 18.7 Å². The van der Waals surface area contributed by atoms with E-state index in [0.29, 0.717) is 23.6 Å². The van der Waals surface area contributed by atoms with E-state index in [0.717, 1.165) is 0 Å². The van der Waals surface area contributed by atoms with Crippen LogP contribution in [0.1, 0.15) is 35.7 Å². The third kappa shape index (κ3) is 2.42. The van der Waals surface area contributed by atoms with Crippen LogP contribution in [0.3, 0.4) is 0 Å². The van der Waals surface area contributed by atoms with E-state index >= 15 is 0 Å². The van der Waals surface area contributed by atoms with Gasteiger partial charge in [0, 0.05) is 13.1 Å². The Balaban J connectivity index is 2.23. The van der Waals surface area contributed by atoms with Gasteiger partial charge < -0.3 is 14.5 Å². The highest BCUT2D eigenvalue weighted by Gasteiger charge is 2.42. The molecule has 2 rings (SSSR count). The van der Waals surface area contributed by atoms with Crippen molar-refractivity contribution in [1.82, 2.24) is 10.1 Å². The van der Waals surface area contributed by atoms with Gasteiger partial charge >= 0.3 is 5.97 Å². The summed E-state index contributed by atoms with van der Waals surface area (Å²) in [6, 6.07) is 0. The van der Waals surface area contributed by atoms with Gasteiger partial charge in [0.05, 0.1) is 11.6 Å². The van der Waals surface area contributed by atoms with E-state index in [9.17, 15) is 14.7 Å². The van der Waals surface area contributed by atoms with Gasteiger partial charge in [0.1, 0.15) is 11.3 Å². The van der Waals surface area contributed by atoms with Crippen LogP contribution in [0.2, 0.25) is 0 Å². The molecule has 1 amide bonds. The van der Waals surface area contributed by atoms with Gasteiger partial charge in [0.2, 0.25) is 0 Å². The molecule has 0 unspecified atom stereocenters. The lowest BCUT2D eigenvalue weighted by atomic mass is 9.86. The Morgan fingerprint density at radius 2 is 2.00 bits per heavy atom. The minimum Gasteiger partial charge on any atom is -0.481 e. The van der Waals surface area contributed by atoms with Crippen LogP contribution in [0.25, 0.3) is 0 Å². The quantitative estimate of drug-likeness (QED) is 0.911. The zero-order valence-corrected chi connectivity index (χ0v) is 12.2. The number of hydrogen-bond acceptors (Lipinski definition) is 4. The van der Waals surface area contributed by atoms with Crippen molar-refractivity contribution < 1.29 is 19.2 Å². The molecular formula is C14H20N2O4. The maximum Gasteiger partial charge on any atom is 0.308 e. The lowest BCUT2D eigenvalue weighted by Gasteiger charge is -2.18. The van der Waals surface area contributed by atoms with Crippen molar-refractivity contribution in [2.45, 2.75) is 27.7 Å². The topological polar surface area (TPSA) is 83.6 Å². The summed E-state index contributed by atoms with van der Waals surface area (Å²) in [5, 5.41) is 13.1. The van der Waals surface area contributed by atoms with Crippen molar-refractivity contribution in [2.24, 2.45) is 17.8 Å². The fraction of sp³-hybridized carbons (Fsp3) is 0.643. The molecule has 1 fully saturated rings.